The van der Waals surface area contributed by atoms with E-state index in [-0.39, 0.29) is 0 Å². The van der Waals surface area contributed by atoms with Gasteiger partial charge in [0.2, 0.25) is 0 Å². The summed E-state index contributed by atoms with van der Waals surface area (Å²) in [5.41, 5.74) is 3.50. The third-order valence-electron chi connectivity index (χ3n) is 3.27. The molecule has 1 unspecified atom stereocenters. The molecule has 2 heterocycles. The van der Waals surface area contributed by atoms with Crippen molar-refractivity contribution in [3.8, 4) is 0 Å². The minimum absolute atomic E-state index is 0.627. The predicted molar refractivity (Wildman–Crippen MR) is 77.3 cm³/mol. The molecular weight excluding hydrogens is 312 g/mol. The fraction of sp³-hybridized carbons (Fsp3) is 0.308. The maximum Gasteiger partial charge on any atom is 0.131 e. The lowest BCUT2D eigenvalue weighted by Crippen LogP contribution is -2.12. The molecule has 0 fully saturated rings. The van der Waals surface area contributed by atoms with Crippen molar-refractivity contribution < 1.29 is 5.11 Å². The van der Waals surface area contributed by atoms with Crippen molar-refractivity contribution in [3.63, 3.8) is 0 Å². The van der Waals surface area contributed by atoms with Crippen molar-refractivity contribution in [2.75, 3.05) is 18.5 Å². The lowest BCUT2D eigenvalue weighted by molar-refractivity contribution is 0.219. The van der Waals surface area contributed by atoms with Gasteiger partial charge in [-0.1, -0.05) is 12.1 Å². The lowest BCUT2D eigenvalue weighted by Gasteiger charge is -2.13. The maximum absolute atomic E-state index is 10.3. The lowest BCUT2D eigenvalue weighted by atomic mass is 10.0. The highest BCUT2D eigenvalue weighted by molar-refractivity contribution is 9.10. The molecule has 3 rings (SSSR count). The van der Waals surface area contributed by atoms with E-state index in [9.17, 15) is 5.11 Å². The molecule has 1 atom stereocenters. The average molecular weight is 325 g/mol. The van der Waals surface area contributed by atoms with Crippen LogP contribution in [0.1, 0.15) is 22.2 Å². The van der Waals surface area contributed by atoms with E-state index in [0.717, 1.165) is 28.1 Å². The van der Waals surface area contributed by atoms with Crippen LogP contribution in [0.3, 0.4) is 0 Å². The quantitative estimate of drug-likeness (QED) is 0.922. The van der Waals surface area contributed by atoms with Crippen LogP contribution < -0.4 is 4.90 Å². The first kappa shape index (κ1) is 12.1. The molecule has 5 heteroatoms. The van der Waals surface area contributed by atoms with Crippen LogP contribution in [0.2, 0.25) is 0 Å². The Balaban J connectivity index is 1.93. The number of hydrogen-bond acceptors (Lipinski definition) is 4. The number of benzene rings is 1. The summed E-state index contributed by atoms with van der Waals surface area (Å²) in [7, 11) is 2.10. The molecule has 0 saturated carbocycles. The van der Waals surface area contributed by atoms with Gasteiger partial charge >= 0.3 is 0 Å². The molecule has 0 bridgehead atoms. The molecular formula is C13H13BrN2OS. The molecule has 0 saturated heterocycles. The molecule has 2 aromatic rings. The number of hydrogen-bond donors (Lipinski definition) is 1. The SMILES string of the molecule is CN1CCc2cc(C(O)c3nc(Br)cs3)ccc21. The first-order chi connectivity index (χ1) is 8.65. The van der Waals surface area contributed by atoms with E-state index in [0.29, 0.717) is 0 Å². The summed E-state index contributed by atoms with van der Waals surface area (Å²) >= 11 is 4.78. The van der Waals surface area contributed by atoms with Crippen molar-refractivity contribution in [3.05, 3.63) is 44.3 Å². The smallest absolute Gasteiger partial charge is 0.131 e. The first-order valence-electron chi connectivity index (χ1n) is 5.78. The van der Waals surface area contributed by atoms with Gasteiger partial charge in [0.1, 0.15) is 15.7 Å². The van der Waals surface area contributed by atoms with Crippen LogP contribution >= 0.6 is 27.3 Å². The second kappa shape index (κ2) is 4.64. The Morgan fingerprint density at radius 1 is 1.50 bits per heavy atom. The third kappa shape index (κ3) is 2.06. The highest BCUT2D eigenvalue weighted by atomic mass is 79.9. The van der Waals surface area contributed by atoms with E-state index in [1.54, 1.807) is 0 Å². The molecule has 0 radical (unpaired) electrons. The molecule has 1 aliphatic heterocycles. The van der Waals surface area contributed by atoms with Gasteiger partial charge in [0.25, 0.3) is 0 Å². The Morgan fingerprint density at radius 3 is 3.06 bits per heavy atom. The van der Waals surface area contributed by atoms with E-state index in [1.165, 1.54) is 22.6 Å². The van der Waals surface area contributed by atoms with Crippen LogP contribution in [0, 0.1) is 0 Å². The number of anilines is 1. The van der Waals surface area contributed by atoms with Gasteiger partial charge in [0.15, 0.2) is 0 Å². The highest BCUT2D eigenvalue weighted by Gasteiger charge is 2.20. The number of aliphatic hydroxyl groups is 1. The molecule has 0 aliphatic carbocycles. The van der Waals surface area contributed by atoms with E-state index in [4.69, 9.17) is 0 Å². The van der Waals surface area contributed by atoms with Crippen LogP contribution in [0.15, 0.2) is 28.2 Å². The number of aromatic nitrogens is 1. The molecule has 3 nitrogen and oxygen atoms in total. The van der Waals surface area contributed by atoms with E-state index in [1.807, 2.05) is 11.4 Å². The molecule has 94 valence electrons. The van der Waals surface area contributed by atoms with Gasteiger partial charge in [-0.25, -0.2) is 4.98 Å². The van der Waals surface area contributed by atoms with Crippen molar-refractivity contribution in [1.82, 2.24) is 4.98 Å². The van der Waals surface area contributed by atoms with Crippen molar-refractivity contribution in [2.24, 2.45) is 0 Å². The van der Waals surface area contributed by atoms with Gasteiger partial charge in [-0.3, -0.25) is 0 Å². The van der Waals surface area contributed by atoms with Crippen molar-refractivity contribution in [2.45, 2.75) is 12.5 Å². The normalized spacial score (nSPS) is 15.8. The largest absolute Gasteiger partial charge is 0.381 e. The van der Waals surface area contributed by atoms with Gasteiger partial charge in [-0.05, 0) is 39.5 Å². The Hall–Kier alpha value is -0.910. The second-order valence-corrected chi connectivity index (χ2v) is 6.17. The molecule has 1 N–H and O–H groups in total. The minimum atomic E-state index is -0.627. The zero-order valence-corrected chi connectivity index (χ0v) is 12.3. The fourth-order valence-electron chi connectivity index (χ4n) is 2.29. The third-order valence-corrected chi connectivity index (χ3v) is 4.88. The summed E-state index contributed by atoms with van der Waals surface area (Å²) in [6, 6.07) is 6.17. The number of fused-ring (bicyclic) bond motifs is 1. The molecule has 18 heavy (non-hydrogen) atoms. The molecule has 1 aliphatic rings. The summed E-state index contributed by atoms with van der Waals surface area (Å²) in [4.78, 5) is 6.51. The monoisotopic (exact) mass is 324 g/mol. The Bertz CT molecular complexity index is 584. The first-order valence-corrected chi connectivity index (χ1v) is 7.45. The number of thiazole rings is 1. The Kier molecular flexibility index (Phi) is 3.13. The zero-order chi connectivity index (χ0) is 12.7. The topological polar surface area (TPSA) is 36.4 Å². The minimum Gasteiger partial charge on any atom is -0.381 e. The van der Waals surface area contributed by atoms with E-state index < -0.39 is 6.10 Å². The van der Waals surface area contributed by atoms with Gasteiger partial charge in [-0.2, -0.15) is 0 Å². The number of rotatable bonds is 2. The van der Waals surface area contributed by atoms with Gasteiger partial charge in [-0.15, -0.1) is 11.3 Å². The fourth-order valence-corrected chi connectivity index (χ4v) is 3.57. The van der Waals surface area contributed by atoms with Gasteiger partial charge < -0.3 is 10.0 Å². The molecule has 0 spiro atoms. The average Bonchev–Trinajstić information content (AvgIpc) is 2.95. The van der Waals surface area contributed by atoms with Crippen LogP contribution in [-0.2, 0) is 6.42 Å². The number of likely N-dealkylation sites (N-methyl/N-ethyl adjacent to an activating group) is 1. The van der Waals surface area contributed by atoms with Crippen LogP contribution in [0.5, 0.6) is 0 Å². The maximum atomic E-state index is 10.3. The summed E-state index contributed by atoms with van der Waals surface area (Å²) in [6.07, 6.45) is 0.422. The van der Waals surface area contributed by atoms with Crippen molar-refractivity contribution in [1.29, 1.82) is 0 Å². The van der Waals surface area contributed by atoms with Crippen molar-refractivity contribution >= 4 is 33.0 Å². The number of halogens is 1. The number of nitrogens with zero attached hydrogens (tertiary/aromatic N) is 2. The number of aliphatic hydroxyl groups excluding tert-OH is 1. The Labute approximate surface area is 118 Å². The summed E-state index contributed by atoms with van der Waals surface area (Å²) in [5.74, 6) is 0. The van der Waals surface area contributed by atoms with E-state index in [2.05, 4.69) is 45.0 Å². The van der Waals surface area contributed by atoms with Crippen LogP contribution in [-0.4, -0.2) is 23.7 Å². The van der Waals surface area contributed by atoms with Gasteiger partial charge in [0.05, 0.1) is 0 Å². The second-order valence-electron chi connectivity index (χ2n) is 4.47. The van der Waals surface area contributed by atoms with Gasteiger partial charge in [0, 0.05) is 24.7 Å². The van der Waals surface area contributed by atoms with E-state index >= 15 is 0 Å². The standard InChI is InChI=1S/C13H13BrN2OS/c1-16-5-4-8-6-9(2-3-10(8)16)12(17)13-15-11(14)7-18-13/h2-3,6-7,12,17H,4-5H2,1H3. The highest BCUT2D eigenvalue weighted by Crippen LogP contribution is 2.32. The molecule has 1 aromatic heterocycles. The molecule has 0 amide bonds. The molecule has 1 aromatic carbocycles. The zero-order valence-electron chi connectivity index (χ0n) is 9.93. The summed E-state index contributed by atoms with van der Waals surface area (Å²) < 4.78 is 0.780. The van der Waals surface area contributed by atoms with Crippen LogP contribution in [0.25, 0.3) is 0 Å². The summed E-state index contributed by atoms with van der Waals surface area (Å²) in [5, 5.41) is 12.9. The summed E-state index contributed by atoms with van der Waals surface area (Å²) in [6.45, 7) is 1.05. The van der Waals surface area contributed by atoms with Crippen LogP contribution in [0.4, 0.5) is 5.69 Å². The Morgan fingerprint density at radius 2 is 2.33 bits per heavy atom. The predicted octanol–water partition coefficient (Wildman–Crippen LogP) is 2.98.